The molecule has 0 saturated carbocycles. The molecule has 38 heavy (non-hydrogen) atoms. The lowest BCUT2D eigenvalue weighted by molar-refractivity contribution is -0.124. The molecule has 2 rings (SSSR count). The van der Waals surface area contributed by atoms with Crippen molar-refractivity contribution in [2.24, 2.45) is 5.92 Å². The van der Waals surface area contributed by atoms with Crippen molar-refractivity contribution in [3.63, 3.8) is 0 Å². The van der Waals surface area contributed by atoms with Crippen LogP contribution in [0.5, 0.6) is 5.75 Å². The van der Waals surface area contributed by atoms with Crippen molar-refractivity contribution >= 4 is 12.0 Å². The molecule has 2 atom stereocenters. The molecule has 0 aliphatic carbocycles. The molecule has 0 spiro atoms. The highest BCUT2D eigenvalue weighted by Gasteiger charge is 2.26. The van der Waals surface area contributed by atoms with Gasteiger partial charge in [-0.15, -0.1) is 0 Å². The summed E-state index contributed by atoms with van der Waals surface area (Å²) in [6.07, 6.45) is 0.807. The van der Waals surface area contributed by atoms with E-state index in [-0.39, 0.29) is 17.5 Å². The van der Waals surface area contributed by atoms with E-state index in [1.54, 1.807) is 0 Å². The molecule has 3 N–H and O–H groups in total. The van der Waals surface area contributed by atoms with Gasteiger partial charge in [-0.25, -0.2) is 4.79 Å². The van der Waals surface area contributed by atoms with Crippen LogP contribution in [0, 0.1) is 5.92 Å². The van der Waals surface area contributed by atoms with Crippen LogP contribution in [-0.2, 0) is 22.6 Å². The molecule has 7 nitrogen and oxygen atoms in total. The third kappa shape index (κ3) is 13.0. The third-order valence-electron chi connectivity index (χ3n) is 5.51. The molecule has 2 aromatic rings. The maximum absolute atomic E-state index is 13.2. The maximum Gasteiger partial charge on any atom is 0.407 e. The number of alkyl carbamates (subject to hydrolysis) is 1. The van der Waals surface area contributed by atoms with Gasteiger partial charge in [-0.05, 0) is 83.6 Å². The van der Waals surface area contributed by atoms with Crippen LogP contribution in [0.15, 0.2) is 54.6 Å². The van der Waals surface area contributed by atoms with Gasteiger partial charge in [-0.1, -0.05) is 56.3 Å². The average Bonchev–Trinajstić information content (AvgIpc) is 2.79. The predicted octanol–water partition coefficient (Wildman–Crippen LogP) is 5.62. The molecule has 210 valence electrons. The van der Waals surface area contributed by atoms with Crippen LogP contribution in [0.25, 0.3) is 0 Å². The van der Waals surface area contributed by atoms with Crippen LogP contribution in [0.1, 0.15) is 72.9 Å². The number of nitrogens with one attached hydrogen (secondary N) is 3. The van der Waals surface area contributed by atoms with E-state index in [2.05, 4.69) is 29.8 Å². The zero-order chi connectivity index (χ0) is 28.3. The van der Waals surface area contributed by atoms with Crippen molar-refractivity contribution in [3.05, 3.63) is 65.7 Å². The van der Waals surface area contributed by atoms with E-state index >= 15 is 0 Å². The number of hydrogen-bond acceptors (Lipinski definition) is 5. The van der Waals surface area contributed by atoms with Crippen LogP contribution < -0.4 is 20.7 Å². The first kappa shape index (κ1) is 31.2. The average molecular weight is 526 g/mol. The summed E-state index contributed by atoms with van der Waals surface area (Å²) in [7, 11) is 0. The van der Waals surface area contributed by atoms with Crippen molar-refractivity contribution in [3.8, 4) is 5.75 Å². The third-order valence-corrected chi connectivity index (χ3v) is 5.51. The molecule has 0 bridgehead atoms. The number of benzene rings is 2. The van der Waals surface area contributed by atoms with Gasteiger partial charge in [0.1, 0.15) is 18.0 Å². The zero-order valence-electron chi connectivity index (χ0n) is 24.4. The summed E-state index contributed by atoms with van der Waals surface area (Å²) in [4.78, 5) is 25.7. The second-order valence-corrected chi connectivity index (χ2v) is 12.3. The van der Waals surface area contributed by atoms with Gasteiger partial charge in [0.15, 0.2) is 0 Å². The molecule has 0 fully saturated rings. The minimum atomic E-state index is -0.577. The van der Waals surface area contributed by atoms with Gasteiger partial charge in [0, 0.05) is 18.1 Å². The molecule has 0 aromatic heterocycles. The van der Waals surface area contributed by atoms with Gasteiger partial charge in [0.2, 0.25) is 5.91 Å². The van der Waals surface area contributed by atoms with E-state index in [1.807, 2.05) is 96.1 Å². The van der Waals surface area contributed by atoms with Crippen molar-refractivity contribution in [1.29, 1.82) is 0 Å². The topological polar surface area (TPSA) is 88.7 Å². The van der Waals surface area contributed by atoms with Gasteiger partial charge in [-0.2, -0.15) is 0 Å². The second-order valence-electron chi connectivity index (χ2n) is 12.3. The van der Waals surface area contributed by atoms with E-state index in [0.717, 1.165) is 23.3 Å². The minimum absolute atomic E-state index is 0.0810. The predicted molar refractivity (Wildman–Crippen MR) is 153 cm³/mol. The van der Waals surface area contributed by atoms with Gasteiger partial charge >= 0.3 is 6.09 Å². The van der Waals surface area contributed by atoms with Crippen LogP contribution in [0.2, 0.25) is 0 Å². The van der Waals surface area contributed by atoms with Gasteiger partial charge in [0.25, 0.3) is 0 Å². The van der Waals surface area contributed by atoms with E-state index in [9.17, 15) is 9.59 Å². The van der Waals surface area contributed by atoms with Gasteiger partial charge in [-0.3, -0.25) is 4.79 Å². The van der Waals surface area contributed by atoms with Crippen molar-refractivity contribution in [1.82, 2.24) is 16.0 Å². The first-order valence-corrected chi connectivity index (χ1v) is 13.5. The lowest BCUT2D eigenvalue weighted by Gasteiger charge is -2.28. The minimum Gasteiger partial charge on any atom is -0.489 e. The number of hydrogen-bond donors (Lipinski definition) is 3. The Morgan fingerprint density at radius 1 is 0.868 bits per heavy atom. The SMILES string of the molecule is CC(C)CC(CN[C@@H](Cc1ccc(OCc2ccccc2)cc1)C(=O)NC(C)(C)C)NC(=O)OC(C)(C)C. The summed E-state index contributed by atoms with van der Waals surface area (Å²) in [5.41, 5.74) is 1.18. The number of carbonyl (C=O) groups excluding carboxylic acids is 2. The van der Waals surface area contributed by atoms with E-state index < -0.39 is 17.7 Å². The number of amides is 2. The van der Waals surface area contributed by atoms with E-state index in [4.69, 9.17) is 9.47 Å². The summed E-state index contributed by atoms with van der Waals surface area (Å²) in [5.74, 6) is 1.06. The second kappa shape index (κ2) is 14.2. The summed E-state index contributed by atoms with van der Waals surface area (Å²) in [6, 6.07) is 17.2. The first-order valence-electron chi connectivity index (χ1n) is 13.5. The number of carbonyl (C=O) groups is 2. The molecule has 1 unspecified atom stereocenters. The molecular weight excluding hydrogens is 478 g/mol. The fourth-order valence-electron chi connectivity index (χ4n) is 3.93. The first-order chi connectivity index (χ1) is 17.7. The quantitative estimate of drug-likeness (QED) is 0.335. The molecule has 0 heterocycles. The molecule has 0 aliphatic rings. The molecule has 2 aromatic carbocycles. The van der Waals surface area contributed by atoms with Gasteiger partial charge in [0.05, 0.1) is 6.04 Å². The molecular formula is C31H47N3O4. The Balaban J connectivity index is 2.07. The molecule has 7 heteroatoms. The molecule has 0 saturated heterocycles. The molecule has 2 amide bonds. The lowest BCUT2D eigenvalue weighted by Crippen LogP contribution is -2.54. The summed E-state index contributed by atoms with van der Waals surface area (Å²) in [6.45, 7) is 16.6. The van der Waals surface area contributed by atoms with Crippen molar-refractivity contribution in [2.45, 2.75) is 98.1 Å². The Hall–Kier alpha value is -3.06. The molecule has 0 aliphatic heterocycles. The highest BCUT2D eigenvalue weighted by molar-refractivity contribution is 5.82. The standard InChI is InChI=1S/C31H47N3O4/c1-22(2)18-25(33-29(36)38-31(6,7)8)20-32-27(28(35)34-30(3,4)5)19-23-14-16-26(17-15-23)37-21-24-12-10-9-11-13-24/h9-17,22,25,27,32H,18-21H2,1-8H3,(H,33,36)(H,34,35)/t25?,27-/m0/s1. The lowest BCUT2D eigenvalue weighted by atomic mass is 10.0. The monoisotopic (exact) mass is 525 g/mol. The summed E-state index contributed by atoms with van der Waals surface area (Å²) < 4.78 is 11.4. The Labute approximate surface area is 229 Å². The van der Waals surface area contributed by atoms with Crippen LogP contribution in [-0.4, -0.2) is 41.8 Å². The fourth-order valence-corrected chi connectivity index (χ4v) is 3.93. The normalized spacial score (nSPS) is 13.5. The van der Waals surface area contributed by atoms with Crippen LogP contribution in [0.4, 0.5) is 4.79 Å². The smallest absolute Gasteiger partial charge is 0.407 e. The number of rotatable bonds is 12. The summed E-state index contributed by atoms with van der Waals surface area (Å²) >= 11 is 0. The van der Waals surface area contributed by atoms with Crippen LogP contribution >= 0.6 is 0 Å². The maximum atomic E-state index is 13.2. The molecule has 0 radical (unpaired) electrons. The fraction of sp³-hybridized carbons (Fsp3) is 0.548. The Kier molecular flexibility index (Phi) is 11.6. The Morgan fingerprint density at radius 2 is 1.50 bits per heavy atom. The van der Waals surface area contributed by atoms with E-state index in [1.165, 1.54) is 0 Å². The zero-order valence-corrected chi connectivity index (χ0v) is 24.4. The van der Waals surface area contributed by atoms with Crippen molar-refractivity contribution in [2.75, 3.05) is 6.54 Å². The van der Waals surface area contributed by atoms with Gasteiger partial charge < -0.3 is 25.4 Å². The van der Waals surface area contributed by atoms with Crippen LogP contribution in [0.3, 0.4) is 0 Å². The largest absolute Gasteiger partial charge is 0.489 e. The Bertz CT molecular complexity index is 993. The highest BCUT2D eigenvalue weighted by Crippen LogP contribution is 2.16. The van der Waals surface area contributed by atoms with E-state index in [0.29, 0.717) is 25.5 Å². The summed E-state index contributed by atoms with van der Waals surface area (Å²) in [5, 5.41) is 9.47. The highest BCUT2D eigenvalue weighted by atomic mass is 16.6. The Morgan fingerprint density at radius 3 is 2.05 bits per heavy atom. The van der Waals surface area contributed by atoms with Crippen molar-refractivity contribution < 1.29 is 19.1 Å². The number of ether oxygens (including phenoxy) is 2.